The first kappa shape index (κ1) is 30.5. The zero-order valence-corrected chi connectivity index (χ0v) is 26.3. The monoisotopic (exact) mass is 599 g/mol. The van der Waals surface area contributed by atoms with Gasteiger partial charge in [0.25, 0.3) is 11.5 Å². The van der Waals surface area contributed by atoms with Gasteiger partial charge in [0, 0.05) is 86.2 Å². The van der Waals surface area contributed by atoms with Crippen LogP contribution in [0, 0.1) is 13.8 Å². The second kappa shape index (κ2) is 13.6. The van der Waals surface area contributed by atoms with Crippen molar-refractivity contribution in [1.82, 2.24) is 20.2 Å². The quantitative estimate of drug-likeness (QED) is 0.378. The number of benzene rings is 1. The van der Waals surface area contributed by atoms with Crippen molar-refractivity contribution >= 4 is 11.6 Å². The van der Waals surface area contributed by atoms with Crippen molar-refractivity contribution in [3.05, 3.63) is 80.0 Å². The molecule has 2 aliphatic heterocycles. The number of hydrogen-bond acceptors (Lipinski definition) is 7. The molecule has 234 valence electrons. The van der Waals surface area contributed by atoms with E-state index < -0.39 is 0 Å². The summed E-state index contributed by atoms with van der Waals surface area (Å²) in [5.74, 6) is -0.169. The van der Waals surface area contributed by atoms with Crippen LogP contribution in [-0.2, 0) is 35.4 Å². The summed E-state index contributed by atoms with van der Waals surface area (Å²) in [6.07, 6.45) is 6.73. The molecule has 2 saturated heterocycles. The number of anilines is 1. The van der Waals surface area contributed by atoms with Gasteiger partial charge in [-0.1, -0.05) is 6.07 Å². The van der Waals surface area contributed by atoms with Crippen molar-refractivity contribution in [3.8, 4) is 11.1 Å². The highest BCUT2D eigenvalue weighted by molar-refractivity contribution is 5.99. The number of nitrogens with one attached hydrogen (secondary N) is 2. The van der Waals surface area contributed by atoms with Crippen LogP contribution in [0.3, 0.4) is 0 Å². The van der Waals surface area contributed by atoms with Crippen LogP contribution in [0.5, 0.6) is 0 Å². The van der Waals surface area contributed by atoms with E-state index in [1.165, 1.54) is 5.56 Å². The second-order valence-electron chi connectivity index (χ2n) is 12.3. The first-order chi connectivity index (χ1) is 21.4. The highest BCUT2D eigenvalue weighted by Crippen LogP contribution is 2.34. The zero-order chi connectivity index (χ0) is 30.6. The number of H-pyrrole nitrogens is 1. The van der Waals surface area contributed by atoms with Crippen LogP contribution < -0.4 is 15.8 Å². The van der Waals surface area contributed by atoms with Gasteiger partial charge in [-0.05, 0) is 93.3 Å². The molecular formula is C35H45N5O4. The fraction of sp³-hybridized carbons (Fsp3) is 0.514. The zero-order valence-electron chi connectivity index (χ0n) is 26.3. The molecule has 4 heterocycles. The Kier molecular flexibility index (Phi) is 9.44. The number of morpholine rings is 1. The number of rotatable bonds is 9. The maximum absolute atomic E-state index is 13.9. The third kappa shape index (κ3) is 6.46. The number of ether oxygens (including phenoxy) is 2. The highest BCUT2D eigenvalue weighted by Gasteiger charge is 2.26. The van der Waals surface area contributed by atoms with Gasteiger partial charge in [-0.2, -0.15) is 0 Å². The van der Waals surface area contributed by atoms with Crippen LogP contribution >= 0.6 is 0 Å². The van der Waals surface area contributed by atoms with E-state index in [9.17, 15) is 9.59 Å². The lowest BCUT2D eigenvalue weighted by atomic mass is 9.95. The number of nitrogens with zero attached hydrogens (tertiary/aromatic N) is 3. The molecule has 0 radical (unpaired) electrons. The predicted molar refractivity (Wildman–Crippen MR) is 172 cm³/mol. The van der Waals surface area contributed by atoms with Crippen LogP contribution in [0.25, 0.3) is 11.1 Å². The summed E-state index contributed by atoms with van der Waals surface area (Å²) in [5, 5.41) is 3.11. The lowest BCUT2D eigenvalue weighted by Gasteiger charge is -2.37. The van der Waals surface area contributed by atoms with Crippen molar-refractivity contribution in [2.24, 2.45) is 0 Å². The van der Waals surface area contributed by atoms with Crippen LogP contribution in [0.1, 0.15) is 70.2 Å². The SMILES string of the molecule is CCN(c1cc(-c2ccc(CN3CCOCC3)nc2)cc(C(=O)NCc2c3c(c(C)[nH]c2=O)CCC3)c1C)C1CCOCC1. The largest absolute Gasteiger partial charge is 0.381 e. The van der Waals surface area contributed by atoms with E-state index in [1.54, 1.807) is 0 Å². The van der Waals surface area contributed by atoms with Gasteiger partial charge in [0.1, 0.15) is 0 Å². The van der Waals surface area contributed by atoms with E-state index in [2.05, 4.69) is 45.2 Å². The Bertz CT molecular complexity index is 1540. The summed E-state index contributed by atoms with van der Waals surface area (Å²) in [7, 11) is 0. The molecule has 44 heavy (non-hydrogen) atoms. The third-order valence-corrected chi connectivity index (χ3v) is 9.59. The summed E-state index contributed by atoms with van der Waals surface area (Å²) in [6, 6.07) is 8.74. The fourth-order valence-electron chi connectivity index (χ4n) is 7.10. The summed E-state index contributed by atoms with van der Waals surface area (Å²) in [4.78, 5) is 39.4. The first-order valence-electron chi connectivity index (χ1n) is 16.2. The molecule has 2 fully saturated rings. The summed E-state index contributed by atoms with van der Waals surface area (Å²) >= 11 is 0. The Labute approximate surface area is 260 Å². The normalized spacial score (nSPS) is 17.4. The number of aromatic amines is 1. The average molecular weight is 600 g/mol. The fourth-order valence-corrected chi connectivity index (χ4v) is 7.10. The van der Waals surface area contributed by atoms with Crippen LogP contribution in [0.15, 0.2) is 35.3 Å². The maximum atomic E-state index is 13.9. The smallest absolute Gasteiger partial charge is 0.253 e. The topological polar surface area (TPSA) is 99.8 Å². The lowest BCUT2D eigenvalue weighted by Crippen LogP contribution is -2.40. The predicted octanol–water partition coefficient (Wildman–Crippen LogP) is 4.31. The van der Waals surface area contributed by atoms with Gasteiger partial charge in [-0.3, -0.25) is 19.5 Å². The van der Waals surface area contributed by atoms with Crippen LogP contribution in [-0.4, -0.2) is 72.9 Å². The standard InChI is InChI=1S/C35H45N5O4/c1-4-40(28-10-14-43-15-11-28)33-19-26(25-8-9-27(36-20-25)22-39-12-16-44-17-13-39)18-31(23(33)2)34(41)37-21-32-30-7-5-6-29(30)24(3)38-35(32)42/h8-9,18-20,28H,4-7,10-17,21-22H2,1-3H3,(H,37,41)(H,38,42). The lowest BCUT2D eigenvalue weighted by molar-refractivity contribution is 0.0336. The molecule has 1 aliphatic carbocycles. The number of carbonyl (C=O) groups is 1. The van der Waals surface area contributed by atoms with Gasteiger partial charge >= 0.3 is 0 Å². The maximum Gasteiger partial charge on any atom is 0.253 e. The van der Waals surface area contributed by atoms with Gasteiger partial charge < -0.3 is 24.7 Å². The first-order valence-corrected chi connectivity index (χ1v) is 16.2. The molecule has 2 aromatic heterocycles. The van der Waals surface area contributed by atoms with Gasteiger partial charge in [0.05, 0.1) is 18.9 Å². The molecule has 3 aromatic rings. The van der Waals surface area contributed by atoms with Crippen LogP contribution in [0.2, 0.25) is 0 Å². The second-order valence-corrected chi connectivity index (χ2v) is 12.3. The highest BCUT2D eigenvalue weighted by atomic mass is 16.5. The Morgan fingerprint density at radius 2 is 1.80 bits per heavy atom. The molecule has 3 aliphatic rings. The number of fused-ring (bicyclic) bond motifs is 1. The molecule has 2 N–H and O–H groups in total. The van der Waals surface area contributed by atoms with E-state index in [0.717, 1.165) is 124 Å². The van der Waals surface area contributed by atoms with Crippen molar-refractivity contribution in [3.63, 3.8) is 0 Å². The Hall–Kier alpha value is -3.53. The van der Waals surface area contributed by atoms with Crippen molar-refractivity contribution in [2.45, 2.75) is 72.0 Å². The number of carbonyl (C=O) groups excluding carboxylic acids is 1. The average Bonchev–Trinajstić information content (AvgIpc) is 3.54. The molecule has 1 aromatic carbocycles. The van der Waals surface area contributed by atoms with Gasteiger partial charge in [0.2, 0.25) is 0 Å². The minimum Gasteiger partial charge on any atom is -0.381 e. The van der Waals surface area contributed by atoms with Gasteiger partial charge in [-0.15, -0.1) is 0 Å². The number of amides is 1. The summed E-state index contributed by atoms with van der Waals surface area (Å²) in [6.45, 7) is 12.9. The number of aryl methyl sites for hydroxylation is 1. The molecule has 9 nitrogen and oxygen atoms in total. The molecule has 0 atom stereocenters. The van der Waals surface area contributed by atoms with Crippen molar-refractivity contribution < 1.29 is 14.3 Å². The molecule has 1 amide bonds. The Balaban J connectivity index is 1.31. The molecule has 0 spiro atoms. The van der Waals surface area contributed by atoms with E-state index >= 15 is 0 Å². The minimum atomic E-state index is -0.169. The Morgan fingerprint density at radius 3 is 2.52 bits per heavy atom. The van der Waals surface area contributed by atoms with E-state index in [1.807, 2.05) is 26.1 Å². The summed E-state index contributed by atoms with van der Waals surface area (Å²) < 4.78 is 11.2. The van der Waals surface area contributed by atoms with Gasteiger partial charge in [-0.25, -0.2) is 0 Å². The molecule has 0 unspecified atom stereocenters. The molecule has 0 bridgehead atoms. The van der Waals surface area contributed by atoms with E-state index in [0.29, 0.717) is 17.2 Å². The van der Waals surface area contributed by atoms with E-state index in [-0.39, 0.29) is 18.0 Å². The van der Waals surface area contributed by atoms with E-state index in [4.69, 9.17) is 14.5 Å². The third-order valence-electron chi connectivity index (χ3n) is 9.59. The molecule has 0 saturated carbocycles. The number of pyridine rings is 2. The number of hydrogen-bond donors (Lipinski definition) is 2. The number of aromatic nitrogens is 2. The van der Waals surface area contributed by atoms with Gasteiger partial charge in [0.15, 0.2) is 0 Å². The van der Waals surface area contributed by atoms with Crippen molar-refractivity contribution in [2.75, 3.05) is 51.0 Å². The minimum absolute atomic E-state index is 0.102. The molecule has 9 heteroatoms. The van der Waals surface area contributed by atoms with Crippen LogP contribution in [0.4, 0.5) is 5.69 Å². The molecular weight excluding hydrogens is 554 g/mol. The van der Waals surface area contributed by atoms with Crippen molar-refractivity contribution in [1.29, 1.82) is 0 Å². The Morgan fingerprint density at radius 1 is 1.05 bits per heavy atom. The molecule has 6 rings (SSSR count). The summed E-state index contributed by atoms with van der Waals surface area (Å²) in [5.41, 5.74) is 9.46.